The van der Waals surface area contributed by atoms with Crippen molar-refractivity contribution >= 4 is 11.6 Å². The van der Waals surface area contributed by atoms with E-state index in [-0.39, 0.29) is 18.6 Å². The molecular weight excluding hydrogens is 288 g/mol. The summed E-state index contributed by atoms with van der Waals surface area (Å²) in [4.78, 5) is 12.3. The molecule has 4 nitrogen and oxygen atoms in total. The van der Waals surface area contributed by atoms with Crippen LogP contribution < -0.4 is 11.1 Å². The first-order chi connectivity index (χ1) is 11.1. The first-order valence-electron chi connectivity index (χ1n) is 8.00. The number of carbonyl (C=O) groups is 1. The van der Waals surface area contributed by atoms with Gasteiger partial charge in [-0.15, -0.1) is 0 Å². The van der Waals surface area contributed by atoms with E-state index >= 15 is 0 Å². The van der Waals surface area contributed by atoms with Crippen LogP contribution in [0.15, 0.2) is 48.5 Å². The highest BCUT2D eigenvalue weighted by molar-refractivity contribution is 6.04. The fraction of sp³-hybridized carbons (Fsp3) is 0.316. The fourth-order valence-electron chi connectivity index (χ4n) is 2.42. The van der Waals surface area contributed by atoms with Gasteiger partial charge in [-0.2, -0.15) is 0 Å². The second-order valence-corrected chi connectivity index (χ2v) is 5.60. The molecule has 1 unspecified atom stereocenters. The van der Waals surface area contributed by atoms with E-state index in [4.69, 9.17) is 10.8 Å². The van der Waals surface area contributed by atoms with E-state index in [1.165, 1.54) is 5.56 Å². The van der Waals surface area contributed by atoms with E-state index in [0.717, 1.165) is 17.7 Å². The first kappa shape index (κ1) is 17.2. The number of hydrogen-bond acceptors (Lipinski definition) is 3. The molecule has 2 aromatic carbocycles. The summed E-state index contributed by atoms with van der Waals surface area (Å²) < 4.78 is 0. The molecule has 0 aromatic heterocycles. The monoisotopic (exact) mass is 312 g/mol. The van der Waals surface area contributed by atoms with Crippen molar-refractivity contribution in [1.82, 2.24) is 0 Å². The minimum atomic E-state index is -0.136. The summed E-state index contributed by atoms with van der Waals surface area (Å²) >= 11 is 0. The van der Waals surface area contributed by atoms with E-state index in [1.54, 1.807) is 0 Å². The largest absolute Gasteiger partial charge is 0.396 e. The lowest BCUT2D eigenvalue weighted by atomic mass is 10.0. The smallest absolute Gasteiger partial charge is 0.255 e. The highest BCUT2D eigenvalue weighted by atomic mass is 16.2. The van der Waals surface area contributed by atoms with Crippen LogP contribution in [0.2, 0.25) is 0 Å². The van der Waals surface area contributed by atoms with Crippen LogP contribution in [0.5, 0.6) is 0 Å². The van der Waals surface area contributed by atoms with Gasteiger partial charge >= 0.3 is 0 Å². The van der Waals surface area contributed by atoms with Crippen molar-refractivity contribution in [3.63, 3.8) is 0 Å². The van der Waals surface area contributed by atoms with Crippen molar-refractivity contribution in [3.05, 3.63) is 65.2 Å². The van der Waals surface area contributed by atoms with Gasteiger partial charge in [0.05, 0.1) is 0 Å². The Morgan fingerprint density at radius 2 is 1.96 bits per heavy atom. The summed E-state index contributed by atoms with van der Waals surface area (Å²) in [7, 11) is 0. The molecule has 4 N–H and O–H groups in total. The van der Waals surface area contributed by atoms with Gasteiger partial charge in [0.2, 0.25) is 0 Å². The maximum Gasteiger partial charge on any atom is 0.255 e. The van der Waals surface area contributed by atoms with Crippen LogP contribution in [-0.2, 0) is 6.42 Å². The van der Waals surface area contributed by atoms with Crippen LogP contribution in [-0.4, -0.2) is 17.6 Å². The Balaban J connectivity index is 2.05. The third-order valence-electron chi connectivity index (χ3n) is 3.87. The third kappa shape index (κ3) is 4.91. The summed E-state index contributed by atoms with van der Waals surface area (Å²) in [5.41, 5.74) is 9.63. The first-order valence-corrected chi connectivity index (χ1v) is 8.00. The SMILES string of the molecule is CCc1ccc(C(=O)Nc2cccc(C(N)CCCO)c2)cc1. The van der Waals surface area contributed by atoms with Crippen molar-refractivity contribution in [2.75, 3.05) is 11.9 Å². The maximum atomic E-state index is 12.3. The molecule has 0 saturated heterocycles. The maximum absolute atomic E-state index is 12.3. The number of aryl methyl sites for hydroxylation is 1. The van der Waals surface area contributed by atoms with Gasteiger partial charge in [0, 0.05) is 23.9 Å². The molecule has 0 heterocycles. The summed E-state index contributed by atoms with van der Waals surface area (Å²) in [5, 5.41) is 11.8. The van der Waals surface area contributed by atoms with E-state index < -0.39 is 0 Å². The molecule has 2 aromatic rings. The fourth-order valence-corrected chi connectivity index (χ4v) is 2.42. The van der Waals surface area contributed by atoms with Gasteiger partial charge in [0.25, 0.3) is 5.91 Å². The molecular formula is C19H24N2O2. The lowest BCUT2D eigenvalue weighted by Gasteiger charge is -2.13. The lowest BCUT2D eigenvalue weighted by Crippen LogP contribution is -2.14. The molecule has 0 bridgehead atoms. The van der Waals surface area contributed by atoms with Crippen LogP contribution in [0.1, 0.15) is 47.3 Å². The number of anilines is 1. The number of hydrogen-bond donors (Lipinski definition) is 3. The van der Waals surface area contributed by atoms with E-state index in [1.807, 2.05) is 48.5 Å². The normalized spacial score (nSPS) is 12.0. The van der Waals surface area contributed by atoms with Gasteiger partial charge in [-0.05, 0) is 54.7 Å². The molecule has 0 aliphatic carbocycles. The zero-order valence-electron chi connectivity index (χ0n) is 13.5. The van der Waals surface area contributed by atoms with Gasteiger partial charge in [0.1, 0.15) is 0 Å². The van der Waals surface area contributed by atoms with Crippen LogP contribution in [0.4, 0.5) is 5.69 Å². The molecule has 0 aliphatic rings. The Labute approximate surface area is 137 Å². The topological polar surface area (TPSA) is 75.4 Å². The summed E-state index contributed by atoms with van der Waals surface area (Å²) in [6, 6.07) is 15.0. The summed E-state index contributed by atoms with van der Waals surface area (Å²) in [6.45, 7) is 2.22. The second kappa shape index (κ2) is 8.46. The average molecular weight is 312 g/mol. The molecule has 122 valence electrons. The number of rotatable bonds is 7. The minimum absolute atomic E-state index is 0.131. The van der Waals surface area contributed by atoms with Gasteiger partial charge in [0.15, 0.2) is 0 Å². The second-order valence-electron chi connectivity index (χ2n) is 5.60. The van der Waals surface area contributed by atoms with Gasteiger partial charge in [-0.1, -0.05) is 31.2 Å². The Morgan fingerprint density at radius 3 is 2.61 bits per heavy atom. The van der Waals surface area contributed by atoms with Crippen molar-refractivity contribution < 1.29 is 9.90 Å². The van der Waals surface area contributed by atoms with Crippen molar-refractivity contribution in [3.8, 4) is 0 Å². The predicted molar refractivity (Wildman–Crippen MR) is 93.5 cm³/mol. The molecule has 0 spiro atoms. The predicted octanol–water partition coefficient (Wildman–Crippen LogP) is 3.27. The van der Waals surface area contributed by atoms with Gasteiger partial charge in [-0.25, -0.2) is 0 Å². The van der Waals surface area contributed by atoms with E-state index in [9.17, 15) is 4.79 Å². The number of aliphatic hydroxyl groups is 1. The van der Waals surface area contributed by atoms with E-state index in [2.05, 4.69) is 12.2 Å². The number of nitrogens with one attached hydrogen (secondary N) is 1. The van der Waals surface area contributed by atoms with E-state index in [0.29, 0.717) is 18.4 Å². The van der Waals surface area contributed by atoms with Crippen LogP contribution in [0.25, 0.3) is 0 Å². The number of amides is 1. The Morgan fingerprint density at radius 1 is 1.22 bits per heavy atom. The Kier molecular flexibility index (Phi) is 6.32. The quantitative estimate of drug-likeness (QED) is 0.734. The Bertz CT molecular complexity index is 638. The van der Waals surface area contributed by atoms with Gasteiger partial charge < -0.3 is 16.2 Å². The molecule has 1 atom stereocenters. The molecule has 0 aliphatic heterocycles. The molecule has 0 fully saturated rings. The number of nitrogens with two attached hydrogens (primary N) is 1. The van der Waals surface area contributed by atoms with Crippen LogP contribution >= 0.6 is 0 Å². The summed E-state index contributed by atoms with van der Waals surface area (Å²) in [5.74, 6) is -0.131. The third-order valence-corrected chi connectivity index (χ3v) is 3.87. The average Bonchev–Trinajstić information content (AvgIpc) is 2.60. The molecule has 1 amide bonds. The van der Waals surface area contributed by atoms with Crippen LogP contribution in [0, 0.1) is 0 Å². The highest BCUT2D eigenvalue weighted by Crippen LogP contribution is 2.20. The number of aliphatic hydroxyl groups excluding tert-OH is 1. The Hall–Kier alpha value is -2.17. The molecule has 0 saturated carbocycles. The zero-order valence-corrected chi connectivity index (χ0v) is 13.5. The molecule has 4 heteroatoms. The molecule has 23 heavy (non-hydrogen) atoms. The van der Waals surface area contributed by atoms with Gasteiger partial charge in [-0.3, -0.25) is 4.79 Å². The zero-order chi connectivity index (χ0) is 16.7. The minimum Gasteiger partial charge on any atom is -0.396 e. The number of benzene rings is 2. The highest BCUT2D eigenvalue weighted by Gasteiger charge is 2.09. The lowest BCUT2D eigenvalue weighted by molar-refractivity contribution is 0.102. The molecule has 2 rings (SSSR count). The van der Waals surface area contributed by atoms with Crippen LogP contribution in [0.3, 0.4) is 0 Å². The standard InChI is InChI=1S/C19H24N2O2/c1-2-14-8-10-15(11-9-14)19(23)21-17-6-3-5-16(13-17)18(20)7-4-12-22/h3,5-6,8-11,13,18,22H,2,4,7,12,20H2,1H3,(H,21,23). The molecule has 0 radical (unpaired) electrons. The summed E-state index contributed by atoms with van der Waals surface area (Å²) in [6.07, 6.45) is 2.34. The van der Waals surface area contributed by atoms with Crippen molar-refractivity contribution in [2.24, 2.45) is 5.73 Å². The van der Waals surface area contributed by atoms with Crippen molar-refractivity contribution in [2.45, 2.75) is 32.2 Å². The number of carbonyl (C=O) groups excluding carboxylic acids is 1. The van der Waals surface area contributed by atoms with Crippen molar-refractivity contribution in [1.29, 1.82) is 0 Å².